The van der Waals surface area contributed by atoms with E-state index in [4.69, 9.17) is 14.2 Å². The zero-order valence-corrected chi connectivity index (χ0v) is 16.7. The Morgan fingerprint density at radius 3 is 2.25 bits per heavy atom. The van der Waals surface area contributed by atoms with Gasteiger partial charge in [0, 0.05) is 6.54 Å². The van der Waals surface area contributed by atoms with Crippen LogP contribution >= 0.6 is 0 Å². The molecule has 0 atom stereocenters. The molecule has 28 heavy (non-hydrogen) atoms. The molecule has 2 aromatic rings. The molecule has 0 saturated heterocycles. The van der Waals surface area contributed by atoms with Crippen LogP contribution in [0, 0.1) is 5.82 Å². The predicted octanol–water partition coefficient (Wildman–Crippen LogP) is 2.60. The van der Waals surface area contributed by atoms with Gasteiger partial charge >= 0.3 is 5.97 Å². The van der Waals surface area contributed by atoms with Crippen LogP contribution < -0.4 is 9.47 Å². The monoisotopic (exact) mass is 411 g/mol. The van der Waals surface area contributed by atoms with Crippen LogP contribution in [-0.4, -0.2) is 46.1 Å². The van der Waals surface area contributed by atoms with Crippen molar-refractivity contribution in [2.75, 3.05) is 27.4 Å². The van der Waals surface area contributed by atoms with Crippen molar-refractivity contribution in [1.29, 1.82) is 0 Å². The number of carbonyl (C=O) groups is 1. The lowest BCUT2D eigenvalue weighted by molar-refractivity contribution is -0.143. The zero-order valence-electron chi connectivity index (χ0n) is 15.8. The fourth-order valence-corrected chi connectivity index (χ4v) is 3.89. The summed E-state index contributed by atoms with van der Waals surface area (Å²) in [5.74, 6) is -0.329. The van der Waals surface area contributed by atoms with Crippen LogP contribution in [0.15, 0.2) is 47.4 Å². The van der Waals surface area contributed by atoms with Gasteiger partial charge in [-0.25, -0.2) is 12.8 Å². The number of esters is 1. The lowest BCUT2D eigenvalue weighted by atomic mass is 10.2. The third-order valence-electron chi connectivity index (χ3n) is 3.87. The molecule has 2 aromatic carbocycles. The highest BCUT2D eigenvalue weighted by Crippen LogP contribution is 2.29. The zero-order chi connectivity index (χ0) is 20.7. The van der Waals surface area contributed by atoms with Gasteiger partial charge in [-0.2, -0.15) is 4.31 Å². The van der Waals surface area contributed by atoms with Gasteiger partial charge in [-0.1, -0.05) is 6.07 Å². The molecule has 0 saturated carbocycles. The number of carbonyl (C=O) groups excluding carboxylic acids is 1. The molecule has 9 heteroatoms. The Morgan fingerprint density at radius 2 is 1.68 bits per heavy atom. The molecule has 0 radical (unpaired) electrons. The molecular weight excluding hydrogens is 389 g/mol. The van der Waals surface area contributed by atoms with Gasteiger partial charge < -0.3 is 14.2 Å². The molecule has 152 valence electrons. The van der Waals surface area contributed by atoms with Crippen LogP contribution in [0.3, 0.4) is 0 Å². The first-order valence-electron chi connectivity index (χ1n) is 8.44. The van der Waals surface area contributed by atoms with Gasteiger partial charge in [-0.3, -0.25) is 4.79 Å². The largest absolute Gasteiger partial charge is 0.493 e. The molecule has 7 nitrogen and oxygen atoms in total. The Hall–Kier alpha value is -2.65. The highest BCUT2D eigenvalue weighted by molar-refractivity contribution is 7.89. The first-order chi connectivity index (χ1) is 13.3. The molecule has 0 heterocycles. The summed E-state index contributed by atoms with van der Waals surface area (Å²) in [6.45, 7) is 1.16. The highest BCUT2D eigenvalue weighted by Gasteiger charge is 2.28. The molecule has 0 aliphatic heterocycles. The minimum absolute atomic E-state index is 0.112. The fourth-order valence-electron chi connectivity index (χ4n) is 2.51. The fraction of sp³-hybridized carbons (Fsp3) is 0.316. The first kappa shape index (κ1) is 21.6. The van der Waals surface area contributed by atoms with Crippen molar-refractivity contribution in [3.8, 4) is 11.5 Å². The maximum absolute atomic E-state index is 13.2. The lowest BCUT2D eigenvalue weighted by Crippen LogP contribution is -2.36. The molecule has 0 unspecified atom stereocenters. The average molecular weight is 411 g/mol. The van der Waals surface area contributed by atoms with Gasteiger partial charge in [-0.05, 0) is 48.9 Å². The summed E-state index contributed by atoms with van der Waals surface area (Å²) < 4.78 is 55.5. The summed E-state index contributed by atoms with van der Waals surface area (Å²) in [7, 11) is -1.12. The summed E-state index contributed by atoms with van der Waals surface area (Å²) in [5.41, 5.74) is 0.577. The van der Waals surface area contributed by atoms with Gasteiger partial charge in [0.25, 0.3) is 0 Å². The van der Waals surface area contributed by atoms with Crippen LogP contribution in [0.25, 0.3) is 0 Å². The molecule has 2 rings (SSSR count). The Morgan fingerprint density at radius 1 is 1.04 bits per heavy atom. The quantitative estimate of drug-likeness (QED) is 0.590. The van der Waals surface area contributed by atoms with Crippen molar-refractivity contribution in [1.82, 2.24) is 4.31 Å². The normalized spacial score (nSPS) is 11.3. The average Bonchev–Trinajstić information content (AvgIpc) is 2.67. The van der Waals surface area contributed by atoms with E-state index < -0.39 is 28.4 Å². The number of sulfonamides is 1. The number of halogens is 1. The Kier molecular flexibility index (Phi) is 7.36. The van der Waals surface area contributed by atoms with Gasteiger partial charge in [0.15, 0.2) is 11.5 Å². The van der Waals surface area contributed by atoms with Crippen LogP contribution in [0.5, 0.6) is 11.5 Å². The summed E-state index contributed by atoms with van der Waals surface area (Å²) in [6.07, 6.45) is 0. The SMILES string of the molecule is CCOC(=O)CN(Cc1ccc(OC)c(OC)c1)S(=O)(=O)c1ccc(F)cc1. The Balaban J connectivity index is 2.39. The highest BCUT2D eigenvalue weighted by atomic mass is 32.2. The van der Waals surface area contributed by atoms with E-state index in [1.165, 1.54) is 14.2 Å². The van der Waals surface area contributed by atoms with E-state index in [1.807, 2.05) is 0 Å². The van der Waals surface area contributed by atoms with Gasteiger partial charge in [0.1, 0.15) is 12.4 Å². The lowest BCUT2D eigenvalue weighted by Gasteiger charge is -2.22. The topological polar surface area (TPSA) is 82.1 Å². The smallest absolute Gasteiger partial charge is 0.321 e. The molecule has 0 amide bonds. The van der Waals surface area contributed by atoms with E-state index >= 15 is 0 Å². The summed E-state index contributed by atoms with van der Waals surface area (Å²) >= 11 is 0. The van der Waals surface area contributed by atoms with E-state index in [0.717, 1.165) is 28.6 Å². The van der Waals surface area contributed by atoms with Crippen molar-refractivity contribution in [2.45, 2.75) is 18.4 Å². The van der Waals surface area contributed by atoms with Crippen molar-refractivity contribution in [2.24, 2.45) is 0 Å². The summed E-state index contributed by atoms with van der Waals surface area (Å²) in [4.78, 5) is 11.8. The molecular formula is C19H22FNO6S. The summed E-state index contributed by atoms with van der Waals surface area (Å²) in [6, 6.07) is 9.32. The molecule has 0 aliphatic rings. The van der Waals surface area contributed by atoms with Gasteiger partial charge in [0.2, 0.25) is 10.0 Å². The Labute approximate surface area is 163 Å². The molecule has 0 fully saturated rings. The first-order valence-corrected chi connectivity index (χ1v) is 9.88. The Bertz CT molecular complexity index is 915. The third kappa shape index (κ3) is 5.20. The maximum atomic E-state index is 13.2. The third-order valence-corrected chi connectivity index (χ3v) is 5.67. The minimum Gasteiger partial charge on any atom is -0.493 e. The second-order valence-electron chi connectivity index (χ2n) is 5.72. The van der Waals surface area contributed by atoms with E-state index in [0.29, 0.717) is 17.1 Å². The van der Waals surface area contributed by atoms with Crippen LogP contribution in [0.1, 0.15) is 12.5 Å². The van der Waals surface area contributed by atoms with E-state index in [2.05, 4.69) is 0 Å². The van der Waals surface area contributed by atoms with E-state index in [9.17, 15) is 17.6 Å². The summed E-state index contributed by atoms with van der Waals surface area (Å²) in [5, 5.41) is 0. The van der Waals surface area contributed by atoms with Gasteiger partial charge in [-0.15, -0.1) is 0 Å². The molecule has 0 spiro atoms. The number of hydrogen-bond donors (Lipinski definition) is 0. The predicted molar refractivity (Wildman–Crippen MR) is 100 cm³/mol. The second-order valence-corrected chi connectivity index (χ2v) is 7.66. The number of nitrogens with zero attached hydrogens (tertiary/aromatic N) is 1. The number of rotatable bonds is 9. The van der Waals surface area contributed by atoms with Crippen LogP contribution in [0.4, 0.5) is 4.39 Å². The van der Waals surface area contributed by atoms with Crippen molar-refractivity contribution < 1.29 is 31.8 Å². The van der Waals surface area contributed by atoms with Crippen molar-refractivity contribution in [3.05, 3.63) is 53.8 Å². The van der Waals surface area contributed by atoms with Crippen molar-refractivity contribution >= 4 is 16.0 Å². The maximum Gasteiger partial charge on any atom is 0.321 e. The number of hydrogen-bond acceptors (Lipinski definition) is 6. The molecule has 0 aliphatic carbocycles. The van der Waals surface area contributed by atoms with E-state index in [1.54, 1.807) is 25.1 Å². The second kappa shape index (κ2) is 9.52. The van der Waals surface area contributed by atoms with Gasteiger partial charge in [0.05, 0.1) is 25.7 Å². The molecule has 0 N–H and O–H groups in total. The number of benzene rings is 2. The number of ether oxygens (including phenoxy) is 3. The molecule has 0 aromatic heterocycles. The molecule has 0 bridgehead atoms. The van der Waals surface area contributed by atoms with Crippen LogP contribution in [0.2, 0.25) is 0 Å². The minimum atomic E-state index is -4.07. The van der Waals surface area contributed by atoms with Crippen LogP contribution in [-0.2, 0) is 26.1 Å². The van der Waals surface area contributed by atoms with E-state index in [-0.39, 0.29) is 18.0 Å². The number of methoxy groups -OCH3 is 2. The standard InChI is InChI=1S/C19H22FNO6S/c1-4-27-19(22)13-21(28(23,24)16-8-6-15(20)7-9-16)12-14-5-10-17(25-2)18(11-14)26-3/h5-11H,4,12-13H2,1-3H3. The van der Waals surface area contributed by atoms with Crippen molar-refractivity contribution in [3.63, 3.8) is 0 Å².